The molecule has 1 saturated heterocycles. The highest BCUT2D eigenvalue weighted by molar-refractivity contribution is 7.89. The van der Waals surface area contributed by atoms with E-state index in [0.29, 0.717) is 18.1 Å². The number of carbonyl (C=O) groups excluding carboxylic acids is 1. The smallest absolute Gasteiger partial charge is 0.243 e. The molecule has 0 spiro atoms. The molecular weight excluding hydrogens is 387 g/mol. The summed E-state index contributed by atoms with van der Waals surface area (Å²) in [6.45, 7) is 1.97. The second kappa shape index (κ2) is 7.25. The lowest BCUT2D eigenvalue weighted by molar-refractivity contribution is -0.123. The van der Waals surface area contributed by atoms with E-state index in [-0.39, 0.29) is 35.7 Å². The lowest BCUT2D eigenvalue weighted by atomic mass is 9.92. The Hall–Kier alpha value is -2.33. The predicted molar refractivity (Wildman–Crippen MR) is 96.2 cm³/mol. The van der Waals surface area contributed by atoms with Gasteiger partial charge in [0.2, 0.25) is 21.8 Å². The van der Waals surface area contributed by atoms with E-state index in [0.717, 1.165) is 18.9 Å². The minimum absolute atomic E-state index is 0.0136. The standard InChI is InChI=1S/C18H21FN4O4S/c1-11-20-18(27-22-11)15-7-8-23(10-16(15)21-17(24)12-5-6-12)28(25,26)14-4-2-3-13(19)9-14/h2-4,9,12,15-16H,5-8,10H2,1H3,(H,21,24). The average molecular weight is 408 g/mol. The summed E-state index contributed by atoms with van der Waals surface area (Å²) >= 11 is 0. The molecule has 2 heterocycles. The number of carbonyl (C=O) groups is 1. The molecule has 2 atom stereocenters. The fraction of sp³-hybridized carbons (Fsp3) is 0.500. The summed E-state index contributed by atoms with van der Waals surface area (Å²) in [7, 11) is -3.88. The molecule has 2 unspecified atom stereocenters. The van der Waals surface area contributed by atoms with Gasteiger partial charge in [0.25, 0.3) is 0 Å². The number of amides is 1. The van der Waals surface area contributed by atoms with Gasteiger partial charge in [-0.3, -0.25) is 4.79 Å². The number of halogens is 1. The summed E-state index contributed by atoms with van der Waals surface area (Å²) in [6, 6.07) is 4.43. The van der Waals surface area contributed by atoms with E-state index >= 15 is 0 Å². The Morgan fingerprint density at radius 3 is 2.75 bits per heavy atom. The van der Waals surface area contributed by atoms with Crippen LogP contribution in [0.25, 0.3) is 0 Å². The number of benzene rings is 1. The molecule has 28 heavy (non-hydrogen) atoms. The van der Waals surface area contributed by atoms with Gasteiger partial charge in [-0.2, -0.15) is 9.29 Å². The van der Waals surface area contributed by atoms with Gasteiger partial charge in [0.15, 0.2) is 5.82 Å². The number of hydrogen-bond donors (Lipinski definition) is 1. The molecule has 4 rings (SSSR count). The van der Waals surface area contributed by atoms with Gasteiger partial charge in [-0.15, -0.1) is 0 Å². The minimum atomic E-state index is -3.88. The molecule has 1 N–H and O–H groups in total. The van der Waals surface area contributed by atoms with Gasteiger partial charge in [0.05, 0.1) is 16.9 Å². The first kappa shape index (κ1) is 19.0. The first-order chi connectivity index (χ1) is 13.3. The zero-order valence-corrected chi connectivity index (χ0v) is 16.2. The van der Waals surface area contributed by atoms with E-state index in [1.807, 2.05) is 0 Å². The van der Waals surface area contributed by atoms with Crippen molar-refractivity contribution in [2.45, 2.75) is 43.0 Å². The van der Waals surface area contributed by atoms with Gasteiger partial charge in [-0.05, 0) is 44.4 Å². The van der Waals surface area contributed by atoms with Crippen molar-refractivity contribution in [3.63, 3.8) is 0 Å². The van der Waals surface area contributed by atoms with Crippen LogP contribution in [0.4, 0.5) is 4.39 Å². The van der Waals surface area contributed by atoms with Crippen LogP contribution in [0.15, 0.2) is 33.7 Å². The SMILES string of the molecule is Cc1noc(C2CCN(S(=O)(=O)c3cccc(F)c3)CC2NC(=O)C2CC2)n1. The molecule has 150 valence electrons. The van der Waals surface area contributed by atoms with Crippen LogP contribution in [0.3, 0.4) is 0 Å². The molecule has 2 fully saturated rings. The Morgan fingerprint density at radius 1 is 1.32 bits per heavy atom. The predicted octanol–water partition coefficient (Wildman–Crippen LogP) is 1.59. The second-order valence-electron chi connectivity index (χ2n) is 7.28. The van der Waals surface area contributed by atoms with Crippen molar-refractivity contribution in [2.75, 3.05) is 13.1 Å². The van der Waals surface area contributed by atoms with Crippen molar-refractivity contribution in [1.82, 2.24) is 19.8 Å². The lowest BCUT2D eigenvalue weighted by Crippen LogP contribution is -2.53. The highest BCUT2D eigenvalue weighted by Gasteiger charge is 2.41. The van der Waals surface area contributed by atoms with Gasteiger partial charge in [-0.1, -0.05) is 11.2 Å². The van der Waals surface area contributed by atoms with E-state index in [1.54, 1.807) is 6.92 Å². The number of nitrogens with zero attached hydrogens (tertiary/aromatic N) is 3. The fourth-order valence-corrected chi connectivity index (χ4v) is 4.98. The van der Waals surface area contributed by atoms with E-state index in [2.05, 4.69) is 15.5 Å². The minimum Gasteiger partial charge on any atom is -0.351 e. The maximum absolute atomic E-state index is 13.5. The van der Waals surface area contributed by atoms with Crippen LogP contribution in [0.5, 0.6) is 0 Å². The Kier molecular flexibility index (Phi) is 4.92. The van der Waals surface area contributed by atoms with Crippen molar-refractivity contribution in [3.05, 3.63) is 41.8 Å². The fourth-order valence-electron chi connectivity index (χ4n) is 3.47. The third kappa shape index (κ3) is 3.79. The number of nitrogens with one attached hydrogen (secondary N) is 1. The van der Waals surface area contributed by atoms with Crippen LogP contribution in [-0.2, 0) is 14.8 Å². The van der Waals surface area contributed by atoms with Gasteiger partial charge < -0.3 is 9.84 Å². The number of aryl methyl sites for hydroxylation is 1. The number of aromatic nitrogens is 2. The maximum atomic E-state index is 13.5. The van der Waals surface area contributed by atoms with Crippen molar-refractivity contribution >= 4 is 15.9 Å². The average Bonchev–Trinajstić information content (AvgIpc) is 3.43. The van der Waals surface area contributed by atoms with E-state index in [1.165, 1.54) is 22.5 Å². The van der Waals surface area contributed by atoms with E-state index in [4.69, 9.17) is 4.52 Å². The van der Waals surface area contributed by atoms with Crippen molar-refractivity contribution in [3.8, 4) is 0 Å². The molecular formula is C18H21FN4O4S. The third-order valence-corrected chi connectivity index (χ3v) is 7.01. The number of rotatable bonds is 5. The largest absolute Gasteiger partial charge is 0.351 e. The summed E-state index contributed by atoms with van der Waals surface area (Å²) in [4.78, 5) is 16.5. The molecule has 1 aromatic carbocycles. The summed E-state index contributed by atoms with van der Waals surface area (Å²) in [5.41, 5.74) is 0. The number of piperidine rings is 1. The topological polar surface area (TPSA) is 105 Å². The molecule has 1 aromatic heterocycles. The first-order valence-corrected chi connectivity index (χ1v) is 10.6. The zero-order valence-electron chi connectivity index (χ0n) is 15.3. The summed E-state index contributed by atoms with van der Waals surface area (Å²) in [5.74, 6) is -0.117. The molecule has 10 heteroatoms. The van der Waals surface area contributed by atoms with Crippen molar-refractivity contribution in [1.29, 1.82) is 0 Å². The third-order valence-electron chi connectivity index (χ3n) is 5.15. The number of hydrogen-bond acceptors (Lipinski definition) is 6. The lowest BCUT2D eigenvalue weighted by Gasteiger charge is -2.36. The number of sulfonamides is 1. The summed E-state index contributed by atoms with van der Waals surface area (Å²) in [5, 5.41) is 6.76. The van der Waals surface area contributed by atoms with Crippen LogP contribution in [0.1, 0.15) is 36.9 Å². The van der Waals surface area contributed by atoms with Gasteiger partial charge in [0, 0.05) is 19.0 Å². The summed E-state index contributed by atoms with van der Waals surface area (Å²) in [6.07, 6.45) is 2.09. The molecule has 1 amide bonds. The molecule has 1 aliphatic carbocycles. The molecule has 0 radical (unpaired) electrons. The monoisotopic (exact) mass is 408 g/mol. The normalized spacial score (nSPS) is 23.5. The summed E-state index contributed by atoms with van der Waals surface area (Å²) < 4.78 is 46.0. The van der Waals surface area contributed by atoms with Gasteiger partial charge in [0.1, 0.15) is 5.82 Å². The molecule has 1 saturated carbocycles. The van der Waals surface area contributed by atoms with Gasteiger partial charge in [-0.25, -0.2) is 12.8 Å². The Bertz CT molecular complexity index is 989. The molecule has 2 aliphatic rings. The van der Waals surface area contributed by atoms with Crippen LogP contribution < -0.4 is 5.32 Å². The Morgan fingerprint density at radius 2 is 2.11 bits per heavy atom. The maximum Gasteiger partial charge on any atom is 0.243 e. The molecule has 1 aliphatic heterocycles. The van der Waals surface area contributed by atoms with Gasteiger partial charge >= 0.3 is 0 Å². The van der Waals surface area contributed by atoms with Crippen molar-refractivity contribution < 1.29 is 22.1 Å². The zero-order chi connectivity index (χ0) is 19.9. The van der Waals surface area contributed by atoms with E-state index in [9.17, 15) is 17.6 Å². The van der Waals surface area contributed by atoms with Crippen molar-refractivity contribution in [2.24, 2.45) is 5.92 Å². The van der Waals surface area contributed by atoms with Crippen LogP contribution in [0, 0.1) is 18.7 Å². The first-order valence-electron chi connectivity index (χ1n) is 9.21. The highest BCUT2D eigenvalue weighted by atomic mass is 32.2. The Balaban J connectivity index is 1.59. The van der Waals surface area contributed by atoms with Crippen LogP contribution >= 0.6 is 0 Å². The van der Waals surface area contributed by atoms with Crippen LogP contribution in [-0.4, -0.2) is 47.9 Å². The quantitative estimate of drug-likeness (QED) is 0.806. The van der Waals surface area contributed by atoms with Crippen LogP contribution in [0.2, 0.25) is 0 Å². The highest BCUT2D eigenvalue weighted by Crippen LogP contribution is 2.33. The molecule has 2 aromatic rings. The van der Waals surface area contributed by atoms with E-state index < -0.39 is 21.9 Å². The molecule has 8 nitrogen and oxygen atoms in total. The molecule has 0 bridgehead atoms. The Labute approximate surface area is 162 Å². The second-order valence-corrected chi connectivity index (χ2v) is 9.22.